The van der Waals surface area contributed by atoms with E-state index in [1.807, 2.05) is 30.3 Å². The molecule has 0 bridgehead atoms. The van der Waals surface area contributed by atoms with Gasteiger partial charge in [-0.05, 0) is 12.5 Å². The van der Waals surface area contributed by atoms with E-state index in [9.17, 15) is 14.4 Å². The Balaban J connectivity index is 1.92. The highest BCUT2D eigenvalue weighted by Gasteiger charge is 2.21. The topological polar surface area (TPSA) is 90.9 Å². The van der Waals surface area contributed by atoms with Crippen LogP contribution in [-0.4, -0.2) is 24.6 Å². The Morgan fingerprint density at radius 1 is 1.16 bits per heavy atom. The maximum atomic E-state index is 12.5. The maximum absolute atomic E-state index is 12.5. The minimum atomic E-state index is -0.640. The molecule has 3 rings (SSSR count). The first-order valence-corrected chi connectivity index (χ1v) is 7.86. The fraction of sp³-hybridized carbons (Fsp3) is 0.294. The van der Waals surface area contributed by atoms with E-state index in [1.165, 1.54) is 22.5 Å². The van der Waals surface area contributed by atoms with Crippen molar-refractivity contribution in [1.29, 1.82) is 0 Å². The molecule has 8 nitrogen and oxygen atoms in total. The van der Waals surface area contributed by atoms with Crippen LogP contribution in [0.1, 0.15) is 18.5 Å². The number of benzene rings is 1. The predicted octanol–water partition coefficient (Wildman–Crippen LogP) is 0.311. The van der Waals surface area contributed by atoms with Crippen molar-refractivity contribution in [2.45, 2.75) is 19.5 Å². The molecule has 0 aliphatic rings. The molecule has 2 heterocycles. The summed E-state index contributed by atoms with van der Waals surface area (Å²) in [6.07, 6.45) is 1.41. The molecule has 0 fully saturated rings. The molecule has 25 heavy (non-hydrogen) atoms. The van der Waals surface area contributed by atoms with Gasteiger partial charge < -0.3 is 9.88 Å². The van der Waals surface area contributed by atoms with Gasteiger partial charge in [0, 0.05) is 20.6 Å². The fourth-order valence-corrected chi connectivity index (χ4v) is 2.72. The number of carbonyl (C=O) groups excluding carboxylic acids is 1. The minimum Gasteiger partial charge on any atom is -0.350 e. The van der Waals surface area contributed by atoms with Crippen molar-refractivity contribution >= 4 is 17.1 Å². The molecule has 3 aromatic rings. The Labute approximate surface area is 143 Å². The van der Waals surface area contributed by atoms with Gasteiger partial charge in [0.15, 0.2) is 11.2 Å². The molecular formula is C17H19N5O3. The third-order valence-electron chi connectivity index (χ3n) is 4.28. The van der Waals surface area contributed by atoms with Gasteiger partial charge in [0.05, 0.1) is 6.33 Å². The molecule has 0 aliphatic carbocycles. The number of carbonyl (C=O) groups is 1. The summed E-state index contributed by atoms with van der Waals surface area (Å²) in [5, 5.41) is 2.85. The zero-order chi connectivity index (χ0) is 18.1. The first-order chi connectivity index (χ1) is 11.9. The van der Waals surface area contributed by atoms with Gasteiger partial charge >= 0.3 is 5.69 Å². The van der Waals surface area contributed by atoms with Gasteiger partial charge in [0.25, 0.3) is 5.56 Å². The first kappa shape index (κ1) is 16.7. The number of amides is 1. The molecule has 0 saturated carbocycles. The highest BCUT2D eigenvalue weighted by molar-refractivity contribution is 5.82. The lowest BCUT2D eigenvalue weighted by atomic mass is 10.2. The van der Waals surface area contributed by atoms with Crippen LogP contribution < -0.4 is 16.6 Å². The highest BCUT2D eigenvalue weighted by atomic mass is 16.2. The van der Waals surface area contributed by atoms with Crippen molar-refractivity contribution in [3.05, 3.63) is 63.1 Å². The van der Waals surface area contributed by atoms with E-state index in [0.29, 0.717) is 6.54 Å². The second-order valence-electron chi connectivity index (χ2n) is 5.91. The third-order valence-corrected chi connectivity index (χ3v) is 4.28. The van der Waals surface area contributed by atoms with E-state index in [-0.39, 0.29) is 17.1 Å². The van der Waals surface area contributed by atoms with Crippen LogP contribution in [0.3, 0.4) is 0 Å². The van der Waals surface area contributed by atoms with Gasteiger partial charge in [-0.2, -0.15) is 0 Å². The smallest absolute Gasteiger partial charge is 0.332 e. The standard InChI is InChI=1S/C17H19N5O3/c1-11(15(23)18-9-12-7-5-4-6-8-12)22-10-19-14-13(22)16(24)21(3)17(25)20(14)2/h4-8,10-11H,9H2,1-3H3,(H,18,23). The van der Waals surface area contributed by atoms with E-state index < -0.39 is 17.3 Å². The SMILES string of the molecule is CC(C(=O)NCc1ccccc1)n1cnc2c1c(=O)n(C)c(=O)n2C. The Hall–Kier alpha value is -3.16. The number of fused-ring (bicyclic) bond motifs is 1. The van der Waals surface area contributed by atoms with Gasteiger partial charge in [0.2, 0.25) is 5.91 Å². The second kappa shape index (κ2) is 6.39. The first-order valence-electron chi connectivity index (χ1n) is 7.86. The summed E-state index contributed by atoms with van der Waals surface area (Å²) in [5.41, 5.74) is 0.543. The molecule has 1 unspecified atom stereocenters. The maximum Gasteiger partial charge on any atom is 0.332 e. The number of aryl methyl sites for hydroxylation is 1. The molecule has 0 radical (unpaired) electrons. The summed E-state index contributed by atoms with van der Waals surface area (Å²) in [6, 6.07) is 8.91. The number of hydrogen-bond donors (Lipinski definition) is 1. The average molecular weight is 341 g/mol. The van der Waals surface area contributed by atoms with E-state index >= 15 is 0 Å². The third kappa shape index (κ3) is 2.86. The summed E-state index contributed by atoms with van der Waals surface area (Å²) in [4.78, 5) is 41.0. The van der Waals surface area contributed by atoms with Crippen molar-refractivity contribution in [2.24, 2.45) is 14.1 Å². The van der Waals surface area contributed by atoms with Gasteiger partial charge in [-0.1, -0.05) is 30.3 Å². The second-order valence-corrected chi connectivity index (χ2v) is 5.91. The molecular weight excluding hydrogens is 322 g/mol. The van der Waals surface area contributed by atoms with Crippen LogP contribution in [0.4, 0.5) is 0 Å². The van der Waals surface area contributed by atoms with Crippen LogP contribution in [0.2, 0.25) is 0 Å². The summed E-state index contributed by atoms with van der Waals surface area (Å²) >= 11 is 0. The molecule has 1 aromatic carbocycles. The normalized spacial score (nSPS) is 12.3. The molecule has 0 aliphatic heterocycles. The minimum absolute atomic E-state index is 0.229. The van der Waals surface area contributed by atoms with Crippen LogP contribution in [0.25, 0.3) is 11.2 Å². The molecule has 0 saturated heterocycles. The zero-order valence-electron chi connectivity index (χ0n) is 14.3. The Morgan fingerprint density at radius 2 is 1.84 bits per heavy atom. The number of hydrogen-bond acceptors (Lipinski definition) is 4. The molecule has 2 aromatic heterocycles. The van der Waals surface area contributed by atoms with Crippen molar-refractivity contribution in [1.82, 2.24) is 24.0 Å². The van der Waals surface area contributed by atoms with Crippen LogP contribution in [0.15, 0.2) is 46.2 Å². The summed E-state index contributed by atoms with van der Waals surface area (Å²) in [5.74, 6) is -0.237. The van der Waals surface area contributed by atoms with Crippen molar-refractivity contribution in [3.63, 3.8) is 0 Å². The van der Waals surface area contributed by atoms with Crippen molar-refractivity contribution < 1.29 is 4.79 Å². The Morgan fingerprint density at radius 3 is 2.52 bits per heavy atom. The molecule has 8 heteroatoms. The number of nitrogens with zero attached hydrogens (tertiary/aromatic N) is 4. The molecule has 1 atom stereocenters. The van der Waals surface area contributed by atoms with Gasteiger partial charge in [0.1, 0.15) is 6.04 Å². The van der Waals surface area contributed by atoms with E-state index in [4.69, 9.17) is 0 Å². The molecule has 1 amide bonds. The van der Waals surface area contributed by atoms with Gasteiger partial charge in [-0.25, -0.2) is 9.78 Å². The lowest BCUT2D eigenvalue weighted by Gasteiger charge is -2.15. The van der Waals surface area contributed by atoms with E-state index in [0.717, 1.165) is 10.1 Å². The van der Waals surface area contributed by atoms with Crippen molar-refractivity contribution in [3.8, 4) is 0 Å². The van der Waals surface area contributed by atoms with Crippen LogP contribution in [-0.2, 0) is 25.4 Å². The van der Waals surface area contributed by atoms with Gasteiger partial charge in [-0.15, -0.1) is 0 Å². The monoisotopic (exact) mass is 341 g/mol. The van der Waals surface area contributed by atoms with Crippen molar-refractivity contribution in [2.75, 3.05) is 0 Å². The highest BCUT2D eigenvalue weighted by Crippen LogP contribution is 2.13. The lowest BCUT2D eigenvalue weighted by Crippen LogP contribution is -2.38. The van der Waals surface area contributed by atoms with E-state index in [2.05, 4.69) is 10.3 Å². The summed E-state index contributed by atoms with van der Waals surface area (Å²) in [6.45, 7) is 2.08. The number of rotatable bonds is 4. The largest absolute Gasteiger partial charge is 0.350 e. The van der Waals surface area contributed by atoms with E-state index in [1.54, 1.807) is 14.0 Å². The summed E-state index contributed by atoms with van der Waals surface area (Å²) < 4.78 is 3.80. The van der Waals surface area contributed by atoms with Crippen LogP contribution >= 0.6 is 0 Å². The Bertz CT molecular complexity index is 1050. The number of aromatic nitrogens is 4. The molecule has 130 valence electrons. The number of imidazole rings is 1. The molecule has 0 spiro atoms. The average Bonchev–Trinajstić information content (AvgIpc) is 3.08. The fourth-order valence-electron chi connectivity index (χ4n) is 2.72. The predicted molar refractivity (Wildman–Crippen MR) is 93.2 cm³/mol. The van der Waals surface area contributed by atoms with Gasteiger partial charge in [-0.3, -0.25) is 18.7 Å². The summed E-state index contributed by atoms with van der Waals surface area (Å²) in [7, 11) is 2.95. The van der Waals surface area contributed by atoms with Crippen LogP contribution in [0.5, 0.6) is 0 Å². The zero-order valence-corrected chi connectivity index (χ0v) is 14.3. The number of nitrogens with one attached hydrogen (secondary N) is 1. The van der Waals surface area contributed by atoms with Crippen LogP contribution in [0, 0.1) is 0 Å². The quantitative estimate of drug-likeness (QED) is 0.739. The lowest BCUT2D eigenvalue weighted by molar-refractivity contribution is -0.123. The Kier molecular flexibility index (Phi) is 4.26. The molecule has 1 N–H and O–H groups in total.